The molecule has 0 bridgehead atoms. The Hall–Kier alpha value is -1.31. The van der Waals surface area contributed by atoms with Gasteiger partial charge in [-0.15, -0.1) is 6.58 Å². The lowest BCUT2D eigenvalue weighted by molar-refractivity contribution is -0.135. The molecule has 0 spiro atoms. The van der Waals surface area contributed by atoms with Crippen LogP contribution in [-0.2, 0) is 9.53 Å². The van der Waals surface area contributed by atoms with Gasteiger partial charge in [0.2, 0.25) is 0 Å². The number of hydrogen-bond donors (Lipinski definition) is 0. The lowest BCUT2D eigenvalue weighted by Gasteiger charge is -2.09. The number of carbonyl (C=O) groups is 1. The number of methoxy groups -OCH3 is 1. The van der Waals surface area contributed by atoms with E-state index in [0.717, 1.165) is 31.3 Å². The van der Waals surface area contributed by atoms with Crippen LogP contribution in [0.15, 0.2) is 36.5 Å². The smallest absolute Gasteiger partial charge is 0.337 e. The summed E-state index contributed by atoms with van der Waals surface area (Å²) in [5.74, 6) is -0.307. The van der Waals surface area contributed by atoms with Crippen molar-refractivity contribution in [2.75, 3.05) is 7.11 Å². The highest BCUT2D eigenvalue weighted by Gasteiger charge is 2.11. The summed E-state index contributed by atoms with van der Waals surface area (Å²) in [5.41, 5.74) is 1.65. The lowest BCUT2D eigenvalue weighted by Crippen LogP contribution is -2.06. The maximum absolute atomic E-state index is 11.4. The SMILES string of the molecule is C=CCC(CCCC)=C(C=C)C(=O)OC. The molecule has 0 aliphatic rings. The largest absolute Gasteiger partial charge is 0.465 e. The minimum Gasteiger partial charge on any atom is -0.465 e. The Morgan fingerprint density at radius 3 is 2.47 bits per heavy atom. The van der Waals surface area contributed by atoms with Gasteiger partial charge in [0.15, 0.2) is 0 Å². The van der Waals surface area contributed by atoms with Crippen LogP contribution in [0.2, 0.25) is 0 Å². The quantitative estimate of drug-likeness (QED) is 0.277. The van der Waals surface area contributed by atoms with E-state index < -0.39 is 0 Å². The van der Waals surface area contributed by atoms with E-state index in [2.05, 4.69) is 20.1 Å². The number of esters is 1. The van der Waals surface area contributed by atoms with E-state index in [0.29, 0.717) is 5.57 Å². The molecule has 0 unspecified atom stereocenters. The van der Waals surface area contributed by atoms with Crippen molar-refractivity contribution in [1.29, 1.82) is 0 Å². The minimum absolute atomic E-state index is 0.307. The van der Waals surface area contributed by atoms with Crippen molar-refractivity contribution in [3.8, 4) is 0 Å². The van der Waals surface area contributed by atoms with Crippen LogP contribution in [0.4, 0.5) is 0 Å². The Labute approximate surface area is 92.3 Å². The first-order valence-corrected chi connectivity index (χ1v) is 5.24. The van der Waals surface area contributed by atoms with Crippen LogP contribution >= 0.6 is 0 Å². The van der Waals surface area contributed by atoms with Crippen molar-refractivity contribution in [2.24, 2.45) is 0 Å². The van der Waals surface area contributed by atoms with Gasteiger partial charge >= 0.3 is 5.97 Å². The maximum atomic E-state index is 11.4. The standard InChI is InChI=1S/C13H20O2/c1-5-8-10-11(9-6-2)12(7-3)13(14)15-4/h6-7H,2-3,5,8-10H2,1,4H3. The van der Waals surface area contributed by atoms with Crippen molar-refractivity contribution >= 4 is 5.97 Å². The summed E-state index contributed by atoms with van der Waals surface area (Å²) >= 11 is 0. The van der Waals surface area contributed by atoms with Gasteiger partial charge in [0.05, 0.1) is 12.7 Å². The predicted octanol–water partition coefficient (Wildman–Crippen LogP) is 3.41. The molecule has 0 fully saturated rings. The fraction of sp³-hybridized carbons (Fsp3) is 0.462. The van der Waals surface area contributed by atoms with E-state index in [1.165, 1.54) is 7.11 Å². The van der Waals surface area contributed by atoms with E-state index in [1.54, 1.807) is 12.2 Å². The Morgan fingerprint density at radius 2 is 2.07 bits per heavy atom. The van der Waals surface area contributed by atoms with Gasteiger partial charge in [-0.1, -0.05) is 37.6 Å². The molecule has 0 saturated carbocycles. The molecule has 0 aliphatic heterocycles. The van der Waals surface area contributed by atoms with E-state index in [-0.39, 0.29) is 5.97 Å². The molecule has 0 rings (SSSR count). The summed E-state index contributed by atoms with van der Waals surface area (Å²) in [7, 11) is 1.39. The number of allylic oxidation sites excluding steroid dienone is 2. The van der Waals surface area contributed by atoms with Gasteiger partial charge in [-0.05, 0) is 19.3 Å². The molecule has 0 aromatic heterocycles. The minimum atomic E-state index is -0.307. The summed E-state index contributed by atoms with van der Waals surface area (Å²) in [6.45, 7) is 9.46. The normalized spacial score (nSPS) is 11.6. The molecule has 0 atom stereocenters. The summed E-state index contributed by atoms with van der Waals surface area (Å²) in [5, 5.41) is 0. The van der Waals surface area contributed by atoms with E-state index in [4.69, 9.17) is 4.74 Å². The monoisotopic (exact) mass is 208 g/mol. The number of unbranched alkanes of at least 4 members (excludes halogenated alkanes) is 1. The fourth-order valence-corrected chi connectivity index (χ4v) is 1.39. The number of rotatable bonds is 7. The highest BCUT2D eigenvalue weighted by atomic mass is 16.5. The van der Waals surface area contributed by atoms with Crippen LogP contribution < -0.4 is 0 Å². The molecule has 15 heavy (non-hydrogen) atoms. The second-order valence-electron chi connectivity index (χ2n) is 3.31. The second-order valence-corrected chi connectivity index (χ2v) is 3.31. The molecule has 0 amide bonds. The average molecular weight is 208 g/mol. The topological polar surface area (TPSA) is 26.3 Å². The first kappa shape index (κ1) is 13.7. The average Bonchev–Trinajstić information content (AvgIpc) is 2.26. The highest BCUT2D eigenvalue weighted by Crippen LogP contribution is 2.18. The molecule has 0 aromatic carbocycles. The van der Waals surface area contributed by atoms with Gasteiger partial charge in [0, 0.05) is 0 Å². The zero-order chi connectivity index (χ0) is 11.7. The van der Waals surface area contributed by atoms with Crippen LogP contribution in [0.25, 0.3) is 0 Å². The molecule has 0 aliphatic carbocycles. The second kappa shape index (κ2) is 8.04. The summed E-state index contributed by atoms with van der Waals surface area (Å²) in [6, 6.07) is 0. The third kappa shape index (κ3) is 4.63. The number of ether oxygens (including phenoxy) is 1. The molecule has 0 radical (unpaired) electrons. The van der Waals surface area contributed by atoms with E-state index >= 15 is 0 Å². The van der Waals surface area contributed by atoms with Crippen molar-refractivity contribution in [2.45, 2.75) is 32.6 Å². The van der Waals surface area contributed by atoms with Crippen molar-refractivity contribution in [3.05, 3.63) is 36.5 Å². The van der Waals surface area contributed by atoms with E-state index in [1.807, 2.05) is 0 Å². The molecule has 0 saturated heterocycles. The van der Waals surface area contributed by atoms with Gasteiger partial charge in [-0.25, -0.2) is 4.79 Å². The van der Waals surface area contributed by atoms with Crippen molar-refractivity contribution in [3.63, 3.8) is 0 Å². The molecule has 0 N–H and O–H groups in total. The molecular formula is C13H20O2. The molecular weight excluding hydrogens is 188 g/mol. The molecule has 2 heteroatoms. The summed E-state index contributed by atoms with van der Waals surface area (Å²) < 4.78 is 4.71. The van der Waals surface area contributed by atoms with Gasteiger partial charge in [-0.3, -0.25) is 0 Å². The Bertz CT molecular complexity index is 262. The molecule has 2 nitrogen and oxygen atoms in total. The fourth-order valence-electron chi connectivity index (χ4n) is 1.39. The molecule has 0 heterocycles. The van der Waals surface area contributed by atoms with Crippen LogP contribution in [-0.4, -0.2) is 13.1 Å². The van der Waals surface area contributed by atoms with Crippen LogP contribution in [0.3, 0.4) is 0 Å². The van der Waals surface area contributed by atoms with Crippen LogP contribution in [0.5, 0.6) is 0 Å². The Balaban J connectivity index is 4.88. The van der Waals surface area contributed by atoms with Crippen molar-refractivity contribution in [1.82, 2.24) is 0 Å². The zero-order valence-electron chi connectivity index (χ0n) is 9.71. The lowest BCUT2D eigenvalue weighted by atomic mass is 9.99. The van der Waals surface area contributed by atoms with Gasteiger partial charge in [0.25, 0.3) is 0 Å². The molecule has 0 aromatic rings. The van der Waals surface area contributed by atoms with E-state index in [9.17, 15) is 4.79 Å². The van der Waals surface area contributed by atoms with Crippen molar-refractivity contribution < 1.29 is 9.53 Å². The third-order valence-electron chi connectivity index (χ3n) is 2.21. The number of carbonyl (C=O) groups excluding carboxylic acids is 1. The summed E-state index contributed by atoms with van der Waals surface area (Å²) in [4.78, 5) is 11.4. The Kier molecular flexibility index (Phi) is 7.33. The Morgan fingerprint density at radius 1 is 1.40 bits per heavy atom. The van der Waals surface area contributed by atoms with Gasteiger partial charge in [0.1, 0.15) is 0 Å². The maximum Gasteiger partial charge on any atom is 0.337 e. The first-order valence-electron chi connectivity index (χ1n) is 5.24. The van der Waals surface area contributed by atoms with Crippen LogP contribution in [0, 0.1) is 0 Å². The predicted molar refractivity (Wildman–Crippen MR) is 63.6 cm³/mol. The highest BCUT2D eigenvalue weighted by molar-refractivity contribution is 5.92. The number of hydrogen-bond acceptors (Lipinski definition) is 2. The third-order valence-corrected chi connectivity index (χ3v) is 2.21. The van der Waals surface area contributed by atoms with Crippen LogP contribution in [0.1, 0.15) is 32.6 Å². The first-order chi connectivity index (χ1) is 7.21. The zero-order valence-corrected chi connectivity index (χ0v) is 9.71. The molecule has 84 valence electrons. The van der Waals surface area contributed by atoms with Gasteiger partial charge in [-0.2, -0.15) is 0 Å². The summed E-state index contributed by atoms with van der Waals surface area (Å²) in [6.07, 6.45) is 7.16. The van der Waals surface area contributed by atoms with Gasteiger partial charge < -0.3 is 4.74 Å².